The molecular formula is C19H19F3N2O4. The first-order chi connectivity index (χ1) is 13.5. The van der Waals surface area contributed by atoms with Crippen LogP contribution in [0.3, 0.4) is 0 Å². The second kappa shape index (κ2) is 9.41. The fourth-order valence-corrected chi connectivity index (χ4v) is 2.64. The van der Waals surface area contributed by atoms with Crippen LogP contribution in [0.5, 0.6) is 11.6 Å². The minimum Gasteiger partial charge on any atom is -0.489 e. The highest BCUT2D eigenvalue weighted by molar-refractivity contribution is 6.03. The van der Waals surface area contributed by atoms with Gasteiger partial charge in [-0.15, -0.1) is 0 Å². The van der Waals surface area contributed by atoms with Gasteiger partial charge in [0, 0.05) is 18.7 Å². The number of anilines is 1. The summed E-state index contributed by atoms with van der Waals surface area (Å²) in [4.78, 5) is 16.3. The molecule has 1 fully saturated rings. The van der Waals surface area contributed by atoms with Gasteiger partial charge in [-0.2, -0.15) is 0 Å². The van der Waals surface area contributed by atoms with Crippen molar-refractivity contribution in [2.75, 3.05) is 25.1 Å². The molecule has 6 nitrogen and oxygen atoms in total. The summed E-state index contributed by atoms with van der Waals surface area (Å²) in [7, 11) is 0. The van der Waals surface area contributed by atoms with Gasteiger partial charge >= 0.3 is 0 Å². The molecule has 1 aliphatic rings. The first-order valence-corrected chi connectivity index (χ1v) is 8.74. The number of pyridine rings is 1. The summed E-state index contributed by atoms with van der Waals surface area (Å²) in [5, 5.41) is 2.52. The van der Waals surface area contributed by atoms with Gasteiger partial charge < -0.3 is 19.5 Å². The molecule has 0 radical (unpaired) electrons. The van der Waals surface area contributed by atoms with Crippen molar-refractivity contribution in [3.8, 4) is 11.6 Å². The van der Waals surface area contributed by atoms with Crippen LogP contribution in [0, 0.1) is 5.82 Å². The van der Waals surface area contributed by atoms with Crippen LogP contribution in [0.1, 0.15) is 23.3 Å². The number of ether oxygens (including phenoxy) is 3. The Bertz CT molecular complexity index is 814. The third-order valence-corrected chi connectivity index (χ3v) is 3.95. The Labute approximate surface area is 159 Å². The lowest BCUT2D eigenvalue weighted by Gasteiger charge is -2.15. The Kier molecular flexibility index (Phi) is 6.70. The average molecular weight is 396 g/mol. The molecule has 1 saturated heterocycles. The van der Waals surface area contributed by atoms with Crippen LogP contribution in [0.4, 0.5) is 18.9 Å². The molecule has 2 heterocycles. The molecule has 150 valence electrons. The van der Waals surface area contributed by atoms with E-state index in [-0.39, 0.29) is 35.7 Å². The molecule has 1 aliphatic heterocycles. The number of aromatic nitrogens is 1. The molecule has 1 aromatic carbocycles. The number of alkyl halides is 2. The summed E-state index contributed by atoms with van der Waals surface area (Å²) in [5.41, 5.74) is 0.0600. The number of rotatable bonds is 8. The van der Waals surface area contributed by atoms with Crippen LogP contribution in [0.25, 0.3) is 0 Å². The largest absolute Gasteiger partial charge is 0.489 e. The molecule has 0 spiro atoms. The van der Waals surface area contributed by atoms with E-state index < -0.39 is 24.8 Å². The molecule has 2 aromatic rings. The van der Waals surface area contributed by atoms with Crippen molar-refractivity contribution in [2.45, 2.75) is 25.4 Å². The van der Waals surface area contributed by atoms with E-state index in [1.807, 2.05) is 0 Å². The standard InChI is InChI=1S/C19H19F3N2O4/c20-12-6-7-16(27-10-13-3-2-8-26-13)15(9-12)24-19(25)14-4-1-5-18(23-14)28-11-17(21)22/h1,4-7,9,13,17H,2-3,8,10-11H2,(H,24,25). The van der Waals surface area contributed by atoms with Crippen LogP contribution in [-0.2, 0) is 4.74 Å². The van der Waals surface area contributed by atoms with Crippen LogP contribution in [-0.4, -0.2) is 43.2 Å². The van der Waals surface area contributed by atoms with E-state index in [0.717, 1.165) is 18.9 Å². The fourth-order valence-electron chi connectivity index (χ4n) is 2.64. The Morgan fingerprint density at radius 3 is 2.89 bits per heavy atom. The zero-order valence-corrected chi connectivity index (χ0v) is 14.9. The van der Waals surface area contributed by atoms with Crippen molar-refractivity contribution in [3.05, 3.63) is 47.9 Å². The third-order valence-electron chi connectivity index (χ3n) is 3.95. The number of carbonyl (C=O) groups excluding carboxylic acids is 1. The van der Waals surface area contributed by atoms with Crippen LogP contribution in [0.15, 0.2) is 36.4 Å². The van der Waals surface area contributed by atoms with E-state index in [1.54, 1.807) is 0 Å². The maximum absolute atomic E-state index is 13.6. The van der Waals surface area contributed by atoms with Crippen molar-refractivity contribution >= 4 is 11.6 Å². The monoisotopic (exact) mass is 396 g/mol. The van der Waals surface area contributed by atoms with E-state index in [2.05, 4.69) is 10.3 Å². The van der Waals surface area contributed by atoms with Crippen molar-refractivity contribution in [1.29, 1.82) is 0 Å². The number of hydrogen-bond acceptors (Lipinski definition) is 5. The summed E-state index contributed by atoms with van der Waals surface area (Å²) >= 11 is 0. The number of nitrogens with one attached hydrogen (secondary N) is 1. The van der Waals surface area contributed by atoms with Crippen molar-refractivity contribution in [2.24, 2.45) is 0 Å². The number of carbonyl (C=O) groups is 1. The molecule has 3 rings (SSSR count). The van der Waals surface area contributed by atoms with Crippen molar-refractivity contribution in [1.82, 2.24) is 4.98 Å². The predicted octanol–water partition coefficient (Wildman–Crippen LogP) is 3.67. The van der Waals surface area contributed by atoms with Gasteiger partial charge in [-0.05, 0) is 31.0 Å². The van der Waals surface area contributed by atoms with Gasteiger partial charge in [-0.1, -0.05) is 6.07 Å². The van der Waals surface area contributed by atoms with E-state index in [1.165, 1.54) is 30.3 Å². The highest BCUT2D eigenvalue weighted by Crippen LogP contribution is 2.27. The Hall–Kier alpha value is -2.81. The zero-order chi connectivity index (χ0) is 19.9. The summed E-state index contributed by atoms with van der Waals surface area (Å²) < 4.78 is 54.1. The van der Waals surface area contributed by atoms with Gasteiger partial charge in [0.1, 0.15) is 23.9 Å². The Balaban J connectivity index is 1.69. The van der Waals surface area contributed by atoms with Crippen molar-refractivity contribution < 1.29 is 32.2 Å². The summed E-state index contributed by atoms with van der Waals surface area (Å²) in [6.45, 7) is 0.129. The third kappa shape index (κ3) is 5.59. The summed E-state index contributed by atoms with van der Waals surface area (Å²) in [6, 6.07) is 7.95. The van der Waals surface area contributed by atoms with E-state index in [0.29, 0.717) is 6.61 Å². The molecular weight excluding hydrogens is 377 g/mol. The first kappa shape index (κ1) is 19.9. The number of nitrogens with zero attached hydrogens (tertiary/aromatic N) is 1. The maximum atomic E-state index is 13.6. The van der Waals surface area contributed by atoms with Gasteiger partial charge in [-0.25, -0.2) is 18.2 Å². The van der Waals surface area contributed by atoms with Gasteiger partial charge in [-0.3, -0.25) is 4.79 Å². The van der Waals surface area contributed by atoms with E-state index >= 15 is 0 Å². The molecule has 0 saturated carbocycles. The number of benzene rings is 1. The number of hydrogen-bond donors (Lipinski definition) is 1. The molecule has 28 heavy (non-hydrogen) atoms. The zero-order valence-electron chi connectivity index (χ0n) is 14.9. The second-order valence-electron chi connectivity index (χ2n) is 6.10. The molecule has 0 aliphatic carbocycles. The molecule has 1 amide bonds. The Morgan fingerprint density at radius 1 is 1.29 bits per heavy atom. The first-order valence-electron chi connectivity index (χ1n) is 8.74. The molecule has 9 heteroatoms. The molecule has 1 atom stereocenters. The average Bonchev–Trinajstić information content (AvgIpc) is 3.19. The van der Waals surface area contributed by atoms with Crippen molar-refractivity contribution in [3.63, 3.8) is 0 Å². The molecule has 0 bridgehead atoms. The lowest BCUT2D eigenvalue weighted by molar-refractivity contribution is 0.0681. The lowest BCUT2D eigenvalue weighted by Crippen LogP contribution is -2.19. The lowest BCUT2D eigenvalue weighted by atomic mass is 10.2. The van der Waals surface area contributed by atoms with Gasteiger partial charge in [0.25, 0.3) is 12.3 Å². The predicted molar refractivity (Wildman–Crippen MR) is 94.6 cm³/mol. The van der Waals surface area contributed by atoms with E-state index in [9.17, 15) is 18.0 Å². The highest BCUT2D eigenvalue weighted by Gasteiger charge is 2.18. The topological polar surface area (TPSA) is 69.7 Å². The fraction of sp³-hybridized carbons (Fsp3) is 0.368. The minimum absolute atomic E-state index is 0.0427. The summed E-state index contributed by atoms with van der Waals surface area (Å²) in [5.74, 6) is -1.03. The normalized spacial score (nSPS) is 16.2. The second-order valence-corrected chi connectivity index (χ2v) is 6.10. The van der Waals surface area contributed by atoms with Crippen LogP contribution < -0.4 is 14.8 Å². The summed E-state index contributed by atoms with van der Waals surface area (Å²) in [6.07, 6.45) is -0.872. The quantitative estimate of drug-likeness (QED) is 0.737. The minimum atomic E-state index is -2.66. The molecule has 1 unspecified atom stereocenters. The van der Waals surface area contributed by atoms with Crippen LogP contribution in [0.2, 0.25) is 0 Å². The number of amides is 1. The smallest absolute Gasteiger partial charge is 0.274 e. The SMILES string of the molecule is O=C(Nc1cc(F)ccc1OCC1CCCO1)c1cccc(OCC(F)F)n1. The molecule has 1 N–H and O–H groups in total. The van der Waals surface area contributed by atoms with Crippen LogP contribution >= 0.6 is 0 Å². The maximum Gasteiger partial charge on any atom is 0.274 e. The van der Waals surface area contributed by atoms with E-state index in [4.69, 9.17) is 14.2 Å². The van der Waals surface area contributed by atoms with Gasteiger partial charge in [0.2, 0.25) is 5.88 Å². The number of halogens is 3. The van der Waals surface area contributed by atoms with Gasteiger partial charge in [0.15, 0.2) is 6.61 Å². The van der Waals surface area contributed by atoms with Gasteiger partial charge in [0.05, 0.1) is 11.8 Å². The molecule has 1 aromatic heterocycles. The highest BCUT2D eigenvalue weighted by atomic mass is 19.3. The Morgan fingerprint density at radius 2 is 2.14 bits per heavy atom.